The van der Waals surface area contributed by atoms with Crippen LogP contribution in [0.1, 0.15) is 29.4 Å². The summed E-state index contributed by atoms with van der Waals surface area (Å²) in [5.41, 5.74) is 1.31. The fourth-order valence-electron chi connectivity index (χ4n) is 3.19. The molecule has 1 fully saturated rings. The Hall–Kier alpha value is -3.16. The van der Waals surface area contributed by atoms with Gasteiger partial charge in [-0.1, -0.05) is 41.1 Å². The molecule has 0 radical (unpaired) electrons. The van der Waals surface area contributed by atoms with E-state index >= 15 is 0 Å². The third-order valence-electron chi connectivity index (χ3n) is 4.71. The molecule has 2 aromatic carbocycles. The first-order valence-corrected chi connectivity index (χ1v) is 8.69. The quantitative estimate of drug-likeness (QED) is 0.660. The molecule has 1 unspecified atom stereocenters. The van der Waals surface area contributed by atoms with Gasteiger partial charge in [0.2, 0.25) is 17.6 Å². The van der Waals surface area contributed by atoms with Gasteiger partial charge in [-0.2, -0.15) is 18.2 Å². The number of amides is 1. The van der Waals surface area contributed by atoms with Crippen LogP contribution in [0.3, 0.4) is 0 Å². The minimum atomic E-state index is -4.46. The predicted octanol–water partition coefficient (Wildman–Crippen LogP) is 4.58. The Balaban J connectivity index is 1.55. The van der Waals surface area contributed by atoms with Crippen molar-refractivity contribution in [3.8, 4) is 11.4 Å². The van der Waals surface area contributed by atoms with Crippen molar-refractivity contribution in [1.29, 1.82) is 0 Å². The summed E-state index contributed by atoms with van der Waals surface area (Å²) >= 11 is 0. The molecule has 1 aliphatic rings. The molecule has 1 amide bonds. The van der Waals surface area contributed by atoms with E-state index in [9.17, 15) is 18.0 Å². The van der Waals surface area contributed by atoms with E-state index < -0.39 is 11.7 Å². The van der Waals surface area contributed by atoms with Gasteiger partial charge in [0.1, 0.15) is 0 Å². The zero-order valence-corrected chi connectivity index (χ0v) is 14.9. The van der Waals surface area contributed by atoms with Crippen molar-refractivity contribution in [1.82, 2.24) is 10.1 Å². The number of rotatable bonds is 3. The maximum Gasteiger partial charge on any atom is 0.416 e. The van der Waals surface area contributed by atoms with Crippen LogP contribution in [-0.4, -0.2) is 22.6 Å². The smallest absolute Gasteiger partial charge is 0.339 e. The first-order chi connectivity index (χ1) is 13.3. The number of aryl methyl sites for hydroxylation is 1. The molecule has 5 nitrogen and oxygen atoms in total. The molecule has 0 spiro atoms. The van der Waals surface area contributed by atoms with Crippen LogP contribution in [0.2, 0.25) is 0 Å². The lowest BCUT2D eigenvalue weighted by Gasteiger charge is -2.17. The van der Waals surface area contributed by atoms with Gasteiger partial charge in [-0.3, -0.25) is 4.79 Å². The Kier molecular flexibility index (Phi) is 4.41. The highest BCUT2D eigenvalue weighted by molar-refractivity contribution is 5.96. The van der Waals surface area contributed by atoms with Crippen LogP contribution in [-0.2, 0) is 11.0 Å². The summed E-state index contributed by atoms with van der Waals surface area (Å²) in [5, 5.41) is 3.97. The lowest BCUT2D eigenvalue weighted by molar-refractivity contribution is -0.137. The molecule has 144 valence electrons. The first-order valence-electron chi connectivity index (χ1n) is 8.69. The summed E-state index contributed by atoms with van der Waals surface area (Å²) < 4.78 is 44.2. The summed E-state index contributed by atoms with van der Waals surface area (Å²) in [4.78, 5) is 18.1. The van der Waals surface area contributed by atoms with E-state index in [0.29, 0.717) is 11.7 Å². The monoisotopic (exact) mass is 387 g/mol. The third kappa shape index (κ3) is 3.49. The van der Waals surface area contributed by atoms with Crippen molar-refractivity contribution < 1.29 is 22.5 Å². The Morgan fingerprint density at radius 3 is 2.61 bits per heavy atom. The number of hydrogen-bond acceptors (Lipinski definition) is 4. The number of nitrogens with zero attached hydrogens (tertiary/aromatic N) is 3. The average molecular weight is 387 g/mol. The molecule has 4 rings (SSSR count). The topological polar surface area (TPSA) is 59.2 Å². The van der Waals surface area contributed by atoms with Gasteiger partial charge < -0.3 is 9.42 Å². The third-order valence-corrected chi connectivity index (χ3v) is 4.71. The molecule has 28 heavy (non-hydrogen) atoms. The Morgan fingerprint density at radius 2 is 1.89 bits per heavy atom. The zero-order chi connectivity index (χ0) is 19.9. The molecular formula is C20H16F3N3O2. The maximum absolute atomic E-state index is 12.9. The van der Waals surface area contributed by atoms with Crippen molar-refractivity contribution >= 4 is 11.6 Å². The highest BCUT2D eigenvalue weighted by Gasteiger charge is 2.37. The second-order valence-electron chi connectivity index (χ2n) is 6.78. The van der Waals surface area contributed by atoms with Crippen LogP contribution in [0.5, 0.6) is 0 Å². The number of alkyl halides is 3. The van der Waals surface area contributed by atoms with E-state index in [2.05, 4.69) is 10.1 Å². The van der Waals surface area contributed by atoms with Crippen molar-refractivity contribution in [2.45, 2.75) is 25.4 Å². The summed E-state index contributed by atoms with van der Waals surface area (Å²) in [5.74, 6) is 0.0755. The summed E-state index contributed by atoms with van der Waals surface area (Å²) in [6.07, 6.45) is -4.36. The highest BCUT2D eigenvalue weighted by Crippen LogP contribution is 2.35. The average Bonchev–Trinajstić information content (AvgIpc) is 3.29. The van der Waals surface area contributed by atoms with Crippen molar-refractivity contribution in [3.63, 3.8) is 0 Å². The Bertz CT molecular complexity index is 1010. The van der Waals surface area contributed by atoms with Gasteiger partial charge in [-0.05, 0) is 25.1 Å². The van der Waals surface area contributed by atoms with Gasteiger partial charge in [0.05, 0.1) is 11.5 Å². The van der Waals surface area contributed by atoms with Crippen LogP contribution in [0.4, 0.5) is 18.9 Å². The normalized spacial score (nSPS) is 17.4. The van der Waals surface area contributed by atoms with Crippen LogP contribution >= 0.6 is 0 Å². The molecule has 1 aromatic heterocycles. The van der Waals surface area contributed by atoms with Gasteiger partial charge in [0.25, 0.3) is 0 Å². The predicted molar refractivity (Wildman–Crippen MR) is 95.6 cm³/mol. The van der Waals surface area contributed by atoms with Crippen molar-refractivity contribution in [3.05, 3.63) is 65.5 Å². The number of anilines is 1. The largest absolute Gasteiger partial charge is 0.416 e. The molecule has 2 heterocycles. The summed E-state index contributed by atoms with van der Waals surface area (Å²) in [7, 11) is 0. The lowest BCUT2D eigenvalue weighted by atomic mass is 10.1. The SMILES string of the molecule is Cc1ccc(-c2noc(C3CC(=O)N(c4cccc(C(F)(F)F)c4)C3)n2)cc1. The van der Waals surface area contributed by atoms with Crippen LogP contribution in [0.15, 0.2) is 53.1 Å². The Labute approximate surface area is 158 Å². The number of halogens is 3. The van der Waals surface area contributed by atoms with Gasteiger partial charge in [0.15, 0.2) is 0 Å². The number of carbonyl (C=O) groups excluding carboxylic acids is 1. The standard InChI is InChI=1S/C20H16F3N3O2/c1-12-5-7-13(8-6-12)18-24-19(28-25-18)14-9-17(27)26(11-14)16-4-2-3-15(10-16)20(21,22)23/h2-8,10,14H,9,11H2,1H3. The fraction of sp³-hybridized carbons (Fsp3) is 0.250. The highest BCUT2D eigenvalue weighted by atomic mass is 19.4. The van der Waals surface area contributed by atoms with Crippen molar-refractivity contribution in [2.24, 2.45) is 0 Å². The van der Waals surface area contributed by atoms with E-state index in [-0.39, 0.29) is 30.5 Å². The fourth-order valence-corrected chi connectivity index (χ4v) is 3.19. The zero-order valence-electron chi connectivity index (χ0n) is 14.9. The Morgan fingerprint density at radius 1 is 1.14 bits per heavy atom. The minimum Gasteiger partial charge on any atom is -0.339 e. The van der Waals surface area contributed by atoms with Crippen LogP contribution < -0.4 is 4.90 Å². The molecule has 0 aliphatic carbocycles. The van der Waals surface area contributed by atoms with Crippen LogP contribution in [0.25, 0.3) is 11.4 Å². The lowest BCUT2D eigenvalue weighted by Crippen LogP contribution is -2.24. The molecule has 3 aromatic rings. The second kappa shape index (κ2) is 6.78. The molecular weight excluding hydrogens is 371 g/mol. The molecule has 1 aliphatic heterocycles. The summed E-state index contributed by atoms with van der Waals surface area (Å²) in [6, 6.07) is 12.3. The second-order valence-corrected chi connectivity index (χ2v) is 6.78. The maximum atomic E-state index is 12.9. The molecule has 0 saturated carbocycles. The number of benzene rings is 2. The number of hydrogen-bond donors (Lipinski definition) is 0. The van der Waals surface area contributed by atoms with E-state index in [1.165, 1.54) is 17.0 Å². The molecule has 0 bridgehead atoms. The van der Waals surface area contributed by atoms with Crippen LogP contribution in [0, 0.1) is 6.92 Å². The van der Waals surface area contributed by atoms with Gasteiger partial charge in [-0.25, -0.2) is 0 Å². The van der Waals surface area contributed by atoms with Crippen molar-refractivity contribution in [2.75, 3.05) is 11.4 Å². The van der Waals surface area contributed by atoms with E-state index in [0.717, 1.165) is 23.3 Å². The summed E-state index contributed by atoms with van der Waals surface area (Å²) in [6.45, 7) is 2.16. The van der Waals surface area contributed by atoms with E-state index in [4.69, 9.17) is 4.52 Å². The van der Waals surface area contributed by atoms with Gasteiger partial charge in [0, 0.05) is 24.2 Å². The van der Waals surface area contributed by atoms with Gasteiger partial charge in [-0.15, -0.1) is 0 Å². The van der Waals surface area contributed by atoms with E-state index in [1.807, 2.05) is 31.2 Å². The molecule has 1 atom stereocenters. The molecule has 1 saturated heterocycles. The molecule has 8 heteroatoms. The first kappa shape index (κ1) is 18.2. The van der Waals surface area contributed by atoms with E-state index in [1.54, 1.807) is 0 Å². The number of aromatic nitrogens is 2. The minimum absolute atomic E-state index is 0.103. The number of carbonyl (C=O) groups is 1. The molecule has 0 N–H and O–H groups in total. The van der Waals surface area contributed by atoms with Gasteiger partial charge >= 0.3 is 6.18 Å².